The van der Waals surface area contributed by atoms with Crippen LogP contribution in [0.1, 0.15) is 32.6 Å². The van der Waals surface area contributed by atoms with E-state index in [-0.39, 0.29) is 18.0 Å². The second-order valence-corrected chi connectivity index (χ2v) is 5.36. The molecule has 0 spiro atoms. The Labute approximate surface area is 120 Å². The third-order valence-electron chi connectivity index (χ3n) is 3.68. The Morgan fingerprint density at radius 2 is 2.45 bits per heavy atom. The van der Waals surface area contributed by atoms with Crippen LogP contribution in [0.4, 0.5) is 0 Å². The van der Waals surface area contributed by atoms with Gasteiger partial charge in [0, 0.05) is 31.2 Å². The maximum atomic E-state index is 12.1. The Balaban J connectivity index is 1.67. The van der Waals surface area contributed by atoms with Gasteiger partial charge in [-0.15, -0.1) is 0 Å². The fourth-order valence-corrected chi connectivity index (χ4v) is 2.57. The quantitative estimate of drug-likeness (QED) is 0.830. The number of hydrogen-bond acceptors (Lipinski definition) is 4. The molecule has 0 aliphatic carbocycles. The molecule has 1 fully saturated rings. The Kier molecular flexibility index (Phi) is 5.35. The normalized spacial score (nSPS) is 22.6. The summed E-state index contributed by atoms with van der Waals surface area (Å²) in [7, 11) is 0. The van der Waals surface area contributed by atoms with Crippen LogP contribution in [0.2, 0.25) is 0 Å². The molecule has 2 rings (SSSR count). The summed E-state index contributed by atoms with van der Waals surface area (Å²) in [6.45, 7) is 3.40. The van der Waals surface area contributed by atoms with Gasteiger partial charge in [0.25, 0.3) is 0 Å². The van der Waals surface area contributed by atoms with Gasteiger partial charge in [-0.25, -0.2) is 0 Å². The van der Waals surface area contributed by atoms with Gasteiger partial charge in [0.05, 0.1) is 12.8 Å². The molecule has 5 nitrogen and oxygen atoms in total. The lowest BCUT2D eigenvalue weighted by Crippen LogP contribution is -2.48. The Hall–Kier alpha value is -1.62. The number of nitrogens with zero attached hydrogens (tertiary/aromatic N) is 2. The molecule has 0 aromatic carbocycles. The monoisotopic (exact) mass is 277 g/mol. The zero-order valence-electron chi connectivity index (χ0n) is 12.0. The van der Waals surface area contributed by atoms with E-state index in [2.05, 4.69) is 11.9 Å². The fraction of sp³-hybridized carbons (Fsp3) is 0.600. The van der Waals surface area contributed by atoms with Crippen LogP contribution in [-0.2, 0) is 4.79 Å². The molecule has 110 valence electrons. The van der Waals surface area contributed by atoms with E-state index in [4.69, 9.17) is 10.5 Å². The van der Waals surface area contributed by atoms with Crippen molar-refractivity contribution in [1.82, 2.24) is 9.88 Å². The average Bonchev–Trinajstić information content (AvgIpc) is 2.44. The number of aromatic nitrogens is 1. The van der Waals surface area contributed by atoms with E-state index in [0.29, 0.717) is 13.0 Å². The molecule has 20 heavy (non-hydrogen) atoms. The minimum Gasteiger partial charge on any atom is -0.492 e. The number of rotatable bonds is 5. The highest BCUT2D eigenvalue weighted by Gasteiger charge is 2.26. The molecule has 1 amide bonds. The van der Waals surface area contributed by atoms with Crippen LogP contribution < -0.4 is 10.5 Å². The number of nitrogens with two attached hydrogens (primary N) is 1. The van der Waals surface area contributed by atoms with Crippen molar-refractivity contribution in [3.63, 3.8) is 0 Å². The first-order valence-corrected chi connectivity index (χ1v) is 7.24. The maximum absolute atomic E-state index is 12.1. The summed E-state index contributed by atoms with van der Waals surface area (Å²) in [6, 6.07) is 4.19. The number of carbonyl (C=O) groups excluding carboxylic acids is 1. The van der Waals surface area contributed by atoms with Crippen molar-refractivity contribution in [2.24, 2.45) is 5.73 Å². The van der Waals surface area contributed by atoms with E-state index in [0.717, 1.165) is 31.6 Å². The zero-order chi connectivity index (χ0) is 14.4. The lowest BCUT2D eigenvalue weighted by molar-refractivity contribution is -0.134. The van der Waals surface area contributed by atoms with Gasteiger partial charge in [0.15, 0.2) is 0 Å². The number of pyridine rings is 1. The Morgan fingerprint density at radius 1 is 1.60 bits per heavy atom. The molecule has 2 N–H and O–H groups in total. The lowest BCUT2D eigenvalue weighted by atomic mass is 9.98. The van der Waals surface area contributed by atoms with Crippen molar-refractivity contribution < 1.29 is 9.53 Å². The molecule has 2 heterocycles. The first-order chi connectivity index (χ1) is 9.66. The van der Waals surface area contributed by atoms with E-state index < -0.39 is 0 Å². The number of ether oxygens (including phenoxy) is 1. The molecule has 2 atom stereocenters. The molecule has 1 aromatic heterocycles. The number of carbonyl (C=O) groups is 1. The van der Waals surface area contributed by atoms with E-state index in [1.807, 2.05) is 17.0 Å². The van der Waals surface area contributed by atoms with E-state index in [1.54, 1.807) is 12.4 Å². The molecular weight excluding hydrogens is 254 g/mol. The van der Waals surface area contributed by atoms with Crippen molar-refractivity contribution in [3.8, 4) is 5.75 Å². The van der Waals surface area contributed by atoms with Crippen LogP contribution in [-0.4, -0.2) is 41.0 Å². The smallest absolute Gasteiger partial charge is 0.222 e. The molecule has 1 aliphatic heterocycles. The number of piperidine rings is 1. The SMILES string of the molecule is C[C@H]1C[C@H](N)CCN1C(=O)CCCOc1cccnc1. The highest BCUT2D eigenvalue weighted by atomic mass is 16.5. The first-order valence-electron chi connectivity index (χ1n) is 7.24. The summed E-state index contributed by atoms with van der Waals surface area (Å²) in [5.41, 5.74) is 5.91. The molecule has 5 heteroatoms. The molecule has 0 saturated carbocycles. The summed E-state index contributed by atoms with van der Waals surface area (Å²) < 4.78 is 5.53. The van der Waals surface area contributed by atoms with Crippen molar-refractivity contribution >= 4 is 5.91 Å². The summed E-state index contributed by atoms with van der Waals surface area (Å²) >= 11 is 0. The highest BCUT2D eigenvalue weighted by Crippen LogP contribution is 2.17. The largest absolute Gasteiger partial charge is 0.492 e. The van der Waals surface area contributed by atoms with Crippen molar-refractivity contribution in [2.45, 2.75) is 44.7 Å². The number of hydrogen-bond donors (Lipinski definition) is 1. The maximum Gasteiger partial charge on any atom is 0.222 e. The third-order valence-corrected chi connectivity index (χ3v) is 3.68. The van der Waals surface area contributed by atoms with Gasteiger partial charge in [0.1, 0.15) is 5.75 Å². The minimum atomic E-state index is 0.208. The molecule has 0 radical (unpaired) electrons. The van der Waals surface area contributed by atoms with Gasteiger partial charge >= 0.3 is 0 Å². The average molecular weight is 277 g/mol. The standard InChI is InChI=1S/C15H23N3O2/c1-12-10-13(16)6-8-18(12)15(19)5-3-9-20-14-4-2-7-17-11-14/h2,4,7,11-13H,3,5-6,8-10,16H2,1H3/t12-,13+/m0/s1. The zero-order valence-corrected chi connectivity index (χ0v) is 12.0. The molecule has 1 aliphatic rings. The van der Waals surface area contributed by atoms with Crippen LogP contribution in [0.3, 0.4) is 0 Å². The van der Waals surface area contributed by atoms with Crippen molar-refractivity contribution in [1.29, 1.82) is 0 Å². The van der Waals surface area contributed by atoms with Crippen LogP contribution in [0.15, 0.2) is 24.5 Å². The predicted molar refractivity (Wildman–Crippen MR) is 77.4 cm³/mol. The molecule has 1 saturated heterocycles. The van der Waals surface area contributed by atoms with Crippen molar-refractivity contribution in [2.75, 3.05) is 13.2 Å². The minimum absolute atomic E-state index is 0.208. The fourth-order valence-electron chi connectivity index (χ4n) is 2.57. The first kappa shape index (κ1) is 14.8. The molecule has 0 unspecified atom stereocenters. The van der Waals surface area contributed by atoms with Crippen molar-refractivity contribution in [3.05, 3.63) is 24.5 Å². The summed E-state index contributed by atoms with van der Waals surface area (Å²) in [6.07, 6.45) is 6.44. The summed E-state index contributed by atoms with van der Waals surface area (Å²) in [5.74, 6) is 0.955. The van der Waals surface area contributed by atoms with E-state index in [1.165, 1.54) is 0 Å². The lowest BCUT2D eigenvalue weighted by Gasteiger charge is -2.36. The molecular formula is C15H23N3O2. The second-order valence-electron chi connectivity index (χ2n) is 5.36. The summed E-state index contributed by atoms with van der Waals surface area (Å²) in [4.78, 5) is 18.1. The van der Waals surface area contributed by atoms with Crippen LogP contribution in [0, 0.1) is 0 Å². The van der Waals surface area contributed by atoms with Crippen LogP contribution in [0.5, 0.6) is 5.75 Å². The molecule has 0 bridgehead atoms. The molecule has 1 aromatic rings. The third kappa shape index (κ3) is 4.20. The van der Waals surface area contributed by atoms with Crippen LogP contribution >= 0.6 is 0 Å². The second kappa shape index (κ2) is 7.24. The van der Waals surface area contributed by atoms with Gasteiger partial charge in [0.2, 0.25) is 5.91 Å². The number of likely N-dealkylation sites (tertiary alicyclic amines) is 1. The van der Waals surface area contributed by atoms with Gasteiger partial charge in [-0.05, 0) is 38.3 Å². The predicted octanol–water partition coefficient (Wildman–Crippen LogP) is 1.58. The van der Waals surface area contributed by atoms with E-state index >= 15 is 0 Å². The highest BCUT2D eigenvalue weighted by molar-refractivity contribution is 5.76. The topological polar surface area (TPSA) is 68.5 Å². The van der Waals surface area contributed by atoms with Gasteiger partial charge < -0.3 is 15.4 Å². The van der Waals surface area contributed by atoms with E-state index in [9.17, 15) is 4.79 Å². The van der Waals surface area contributed by atoms with Crippen LogP contribution in [0.25, 0.3) is 0 Å². The Morgan fingerprint density at radius 3 is 3.15 bits per heavy atom. The Bertz CT molecular complexity index is 424. The van der Waals surface area contributed by atoms with Gasteiger partial charge in [-0.3, -0.25) is 9.78 Å². The summed E-state index contributed by atoms with van der Waals surface area (Å²) in [5, 5.41) is 0. The van der Waals surface area contributed by atoms with Gasteiger partial charge in [-0.2, -0.15) is 0 Å². The van der Waals surface area contributed by atoms with Gasteiger partial charge in [-0.1, -0.05) is 0 Å². The number of amides is 1.